The van der Waals surface area contributed by atoms with Crippen LogP contribution in [0.1, 0.15) is 25.7 Å². The minimum Gasteiger partial charge on any atom is -0.229 e. The van der Waals surface area contributed by atoms with Crippen molar-refractivity contribution in [2.24, 2.45) is 0 Å². The zero-order chi connectivity index (χ0) is 14.8. The zero-order valence-electron chi connectivity index (χ0n) is 11.4. The molecule has 0 radical (unpaired) electrons. The first-order chi connectivity index (χ1) is 9.37. The highest BCUT2D eigenvalue weighted by Crippen LogP contribution is 2.24. The molecule has 0 spiro atoms. The molecule has 0 aromatic heterocycles. The summed E-state index contributed by atoms with van der Waals surface area (Å²) in [5, 5.41) is 0. The minimum absolute atomic E-state index is 0.0518. The van der Waals surface area contributed by atoms with Crippen molar-refractivity contribution in [2.45, 2.75) is 31.7 Å². The summed E-state index contributed by atoms with van der Waals surface area (Å²) in [6, 6.07) is -0.171. The number of rotatable bonds is 3. The van der Waals surface area contributed by atoms with E-state index in [0.717, 1.165) is 19.3 Å². The fraction of sp³-hybridized carbons (Fsp3) is 1.00. The molecule has 0 aromatic rings. The number of hydrogen-bond donors (Lipinski definition) is 0. The van der Waals surface area contributed by atoms with Crippen LogP contribution in [0, 0.1) is 0 Å². The summed E-state index contributed by atoms with van der Waals surface area (Å²) in [6.45, 7) is 0.798. The molecule has 2 rings (SSSR count). The normalized spacial score (nSPS) is 29.9. The van der Waals surface area contributed by atoms with Gasteiger partial charge < -0.3 is 0 Å². The number of halogens is 1. The second-order valence-electron chi connectivity index (χ2n) is 5.33. The maximum absolute atomic E-state index is 12.7. The van der Waals surface area contributed by atoms with Crippen LogP contribution in [0.4, 0.5) is 0 Å². The first-order valence-corrected chi connectivity index (χ1v) is 10.7. The monoisotopic (exact) mass is 344 g/mol. The lowest BCUT2D eigenvalue weighted by Gasteiger charge is -2.36. The van der Waals surface area contributed by atoms with Gasteiger partial charge in [0.1, 0.15) is 0 Å². The lowest BCUT2D eigenvalue weighted by Crippen LogP contribution is -2.51. The molecule has 1 atom stereocenters. The minimum atomic E-state index is -3.60. The van der Waals surface area contributed by atoms with E-state index in [1.54, 1.807) is 0 Å². The maximum Gasteiger partial charge on any atom is 0.282 e. The van der Waals surface area contributed by atoms with E-state index in [1.807, 2.05) is 0 Å². The highest BCUT2D eigenvalue weighted by molar-refractivity contribution is 7.91. The average Bonchev–Trinajstić information content (AvgIpc) is 2.60. The Labute approximate surface area is 126 Å². The summed E-state index contributed by atoms with van der Waals surface area (Å²) in [4.78, 5) is 0. The fourth-order valence-electron chi connectivity index (χ4n) is 2.73. The number of alkyl halides is 1. The van der Waals surface area contributed by atoms with Crippen LogP contribution in [0.5, 0.6) is 0 Å². The van der Waals surface area contributed by atoms with Gasteiger partial charge in [-0.05, 0) is 19.3 Å². The van der Waals surface area contributed by atoms with Gasteiger partial charge in [-0.2, -0.15) is 17.0 Å². The van der Waals surface area contributed by atoms with Crippen molar-refractivity contribution < 1.29 is 16.8 Å². The van der Waals surface area contributed by atoms with Gasteiger partial charge in [-0.25, -0.2) is 8.42 Å². The molecule has 2 heterocycles. The third-order valence-corrected chi connectivity index (χ3v) is 8.05. The van der Waals surface area contributed by atoms with Gasteiger partial charge in [0, 0.05) is 31.6 Å². The van der Waals surface area contributed by atoms with Crippen molar-refractivity contribution in [1.29, 1.82) is 0 Å². The third kappa shape index (κ3) is 3.65. The average molecular weight is 345 g/mol. The molecular weight excluding hydrogens is 324 g/mol. The van der Waals surface area contributed by atoms with Crippen molar-refractivity contribution in [1.82, 2.24) is 8.61 Å². The molecule has 1 unspecified atom stereocenters. The Bertz CT molecular complexity index is 535. The first-order valence-electron chi connectivity index (χ1n) is 6.90. The Morgan fingerprint density at radius 3 is 2.50 bits per heavy atom. The molecule has 0 bridgehead atoms. The highest BCUT2D eigenvalue weighted by Gasteiger charge is 2.37. The molecule has 9 heteroatoms. The molecule has 0 saturated carbocycles. The Morgan fingerprint density at radius 2 is 1.80 bits per heavy atom. The van der Waals surface area contributed by atoms with E-state index in [0.29, 0.717) is 13.0 Å². The number of nitrogens with zero attached hydrogens (tertiary/aromatic N) is 2. The molecule has 2 saturated heterocycles. The maximum atomic E-state index is 12.7. The SMILES string of the molecule is O=S1(=O)CCCN(S(=O)(=O)N2CCCCC2CCl)CC1. The van der Waals surface area contributed by atoms with Crippen molar-refractivity contribution in [3.63, 3.8) is 0 Å². The third-order valence-electron chi connectivity index (χ3n) is 3.89. The van der Waals surface area contributed by atoms with Gasteiger partial charge in [0.25, 0.3) is 10.2 Å². The predicted octanol–water partition coefficient (Wildman–Crippen LogP) is 0.445. The van der Waals surface area contributed by atoms with Crippen molar-refractivity contribution in [3.05, 3.63) is 0 Å². The van der Waals surface area contributed by atoms with E-state index >= 15 is 0 Å². The number of piperidine rings is 1. The van der Waals surface area contributed by atoms with Crippen molar-refractivity contribution in [3.8, 4) is 0 Å². The van der Waals surface area contributed by atoms with Gasteiger partial charge in [-0.3, -0.25) is 0 Å². The summed E-state index contributed by atoms with van der Waals surface area (Å²) in [6.07, 6.45) is 2.95. The summed E-state index contributed by atoms with van der Waals surface area (Å²) < 4.78 is 51.3. The largest absolute Gasteiger partial charge is 0.282 e. The molecule has 2 aliphatic rings. The van der Waals surface area contributed by atoms with Crippen LogP contribution in [0.2, 0.25) is 0 Å². The van der Waals surface area contributed by atoms with Crippen LogP contribution in [0.15, 0.2) is 0 Å². The van der Waals surface area contributed by atoms with E-state index in [9.17, 15) is 16.8 Å². The van der Waals surface area contributed by atoms with Gasteiger partial charge >= 0.3 is 0 Å². The van der Waals surface area contributed by atoms with Crippen LogP contribution in [-0.2, 0) is 20.0 Å². The molecule has 118 valence electrons. The topological polar surface area (TPSA) is 74.8 Å². The van der Waals surface area contributed by atoms with E-state index in [-0.39, 0.29) is 36.5 Å². The van der Waals surface area contributed by atoms with Gasteiger partial charge in [-0.1, -0.05) is 6.42 Å². The predicted molar refractivity (Wildman–Crippen MR) is 78.8 cm³/mol. The zero-order valence-corrected chi connectivity index (χ0v) is 13.8. The van der Waals surface area contributed by atoms with Gasteiger partial charge in [-0.15, -0.1) is 11.6 Å². The summed E-state index contributed by atoms with van der Waals surface area (Å²) in [5.74, 6) is 0.259. The van der Waals surface area contributed by atoms with Crippen LogP contribution in [0.25, 0.3) is 0 Å². The van der Waals surface area contributed by atoms with Crippen LogP contribution < -0.4 is 0 Å². The van der Waals surface area contributed by atoms with E-state index < -0.39 is 20.0 Å². The van der Waals surface area contributed by atoms with Gasteiger partial charge in [0.05, 0.1) is 11.5 Å². The van der Waals surface area contributed by atoms with Crippen LogP contribution in [0.3, 0.4) is 0 Å². The van der Waals surface area contributed by atoms with Gasteiger partial charge in [0.2, 0.25) is 0 Å². The van der Waals surface area contributed by atoms with Crippen molar-refractivity contribution in [2.75, 3.05) is 37.0 Å². The van der Waals surface area contributed by atoms with Crippen molar-refractivity contribution >= 4 is 31.6 Å². The molecular formula is C11H21ClN2O4S2. The smallest absolute Gasteiger partial charge is 0.229 e. The van der Waals surface area contributed by atoms with Crippen LogP contribution >= 0.6 is 11.6 Å². The van der Waals surface area contributed by atoms with E-state index in [4.69, 9.17) is 11.6 Å². The number of hydrogen-bond acceptors (Lipinski definition) is 4. The van der Waals surface area contributed by atoms with E-state index in [1.165, 1.54) is 8.61 Å². The number of sulfone groups is 1. The molecule has 6 nitrogen and oxygen atoms in total. The molecule has 2 fully saturated rings. The van der Waals surface area contributed by atoms with Gasteiger partial charge in [0.15, 0.2) is 9.84 Å². The Balaban J connectivity index is 2.16. The molecule has 2 aliphatic heterocycles. The second kappa shape index (κ2) is 6.48. The standard InChI is InChI=1S/C11H21ClN2O4S2/c12-10-11-4-1-2-6-14(11)20(17,18)13-5-3-8-19(15,16)9-7-13/h11H,1-10H2. The summed E-state index contributed by atoms with van der Waals surface area (Å²) in [7, 11) is -6.72. The van der Waals surface area contributed by atoms with Crippen LogP contribution in [-0.4, -0.2) is 68.5 Å². The highest BCUT2D eigenvalue weighted by atomic mass is 35.5. The summed E-state index contributed by atoms with van der Waals surface area (Å²) >= 11 is 5.88. The lowest BCUT2D eigenvalue weighted by atomic mass is 10.1. The Hall–Kier alpha value is 0.110. The molecule has 0 aliphatic carbocycles. The van der Waals surface area contributed by atoms with E-state index in [2.05, 4.69) is 0 Å². The molecule has 20 heavy (non-hydrogen) atoms. The molecule has 0 aromatic carbocycles. The summed E-state index contributed by atoms with van der Waals surface area (Å²) in [5.41, 5.74) is 0. The fourth-order valence-corrected chi connectivity index (χ4v) is 6.41. The second-order valence-corrected chi connectivity index (χ2v) is 9.82. The molecule has 0 amide bonds. The Morgan fingerprint density at radius 1 is 1.05 bits per heavy atom. The Kier molecular flexibility index (Phi) is 5.34. The first kappa shape index (κ1) is 16.5. The quantitative estimate of drug-likeness (QED) is 0.696. The molecule has 0 N–H and O–H groups in total. The lowest BCUT2D eigenvalue weighted by molar-refractivity contribution is 0.248.